The van der Waals surface area contributed by atoms with Gasteiger partial charge in [-0.2, -0.15) is 25.8 Å². The molecule has 0 spiro atoms. The van der Waals surface area contributed by atoms with Crippen molar-refractivity contribution in [1.29, 1.82) is 0 Å². The van der Waals surface area contributed by atoms with Gasteiger partial charge in [0, 0.05) is 5.02 Å². The molecule has 0 heterocycles. The lowest BCUT2D eigenvalue weighted by atomic mass is 9.97. The van der Waals surface area contributed by atoms with Gasteiger partial charge in [0.1, 0.15) is 5.75 Å². The Morgan fingerprint density at radius 3 is 2.50 bits per heavy atom. The molecule has 8 heteroatoms. The average Bonchev–Trinajstić information content (AvgIpc) is 2.52. The quantitative estimate of drug-likeness (QED) is 0.593. The predicted octanol–water partition coefficient (Wildman–Crippen LogP) is 4.87. The summed E-state index contributed by atoms with van der Waals surface area (Å²) in [4.78, 5) is 11.6. The van der Waals surface area contributed by atoms with Gasteiger partial charge in [-0.25, -0.2) is 4.79 Å². The van der Waals surface area contributed by atoms with E-state index in [1.54, 1.807) is 0 Å². The van der Waals surface area contributed by atoms with E-state index in [1.165, 1.54) is 24.3 Å². The van der Waals surface area contributed by atoms with Crippen LogP contribution in [0.25, 0.3) is 0 Å². The SMILES string of the molecule is COC(=O)c1cc(O)cc(C(S)c2ccc(Cl)cc2C(F)(F)F)c1. The van der Waals surface area contributed by atoms with Crippen LogP contribution in [0, 0.1) is 0 Å². The van der Waals surface area contributed by atoms with Gasteiger partial charge in [0.15, 0.2) is 0 Å². The van der Waals surface area contributed by atoms with Gasteiger partial charge in [-0.3, -0.25) is 0 Å². The highest BCUT2D eigenvalue weighted by Gasteiger charge is 2.35. The third kappa shape index (κ3) is 3.96. The second-order valence-electron chi connectivity index (χ2n) is 4.94. The van der Waals surface area contributed by atoms with Crippen LogP contribution in [0.4, 0.5) is 13.2 Å². The molecule has 0 aliphatic rings. The van der Waals surface area contributed by atoms with E-state index in [1.807, 2.05) is 0 Å². The standard InChI is InChI=1S/C16H12ClF3O3S/c1-23-15(22)9-4-8(5-11(21)6-9)14(24)12-3-2-10(17)7-13(12)16(18,19)20/h2-7,14,21,24H,1H3. The van der Waals surface area contributed by atoms with E-state index >= 15 is 0 Å². The Morgan fingerprint density at radius 1 is 1.25 bits per heavy atom. The van der Waals surface area contributed by atoms with Gasteiger partial charge < -0.3 is 9.84 Å². The summed E-state index contributed by atoms with van der Waals surface area (Å²) in [6.45, 7) is 0. The zero-order valence-electron chi connectivity index (χ0n) is 12.3. The second-order valence-corrected chi connectivity index (χ2v) is 5.89. The van der Waals surface area contributed by atoms with E-state index in [4.69, 9.17) is 11.6 Å². The van der Waals surface area contributed by atoms with Gasteiger partial charge >= 0.3 is 12.1 Å². The van der Waals surface area contributed by atoms with Gasteiger partial charge in [-0.05, 0) is 41.5 Å². The van der Waals surface area contributed by atoms with Crippen molar-refractivity contribution < 1.29 is 27.8 Å². The molecule has 2 rings (SSSR count). The monoisotopic (exact) mass is 376 g/mol. The van der Waals surface area contributed by atoms with Crippen molar-refractivity contribution in [2.45, 2.75) is 11.4 Å². The predicted molar refractivity (Wildman–Crippen MR) is 86.7 cm³/mol. The molecular formula is C16H12ClF3O3S. The number of ether oxygens (including phenoxy) is 1. The summed E-state index contributed by atoms with van der Waals surface area (Å²) in [6.07, 6.45) is -4.62. The molecule has 0 saturated carbocycles. The number of benzene rings is 2. The number of hydrogen-bond donors (Lipinski definition) is 2. The topological polar surface area (TPSA) is 46.5 Å². The number of carbonyl (C=O) groups is 1. The number of aromatic hydroxyl groups is 1. The fraction of sp³-hybridized carbons (Fsp3) is 0.188. The summed E-state index contributed by atoms with van der Waals surface area (Å²) in [6, 6.07) is 7.05. The summed E-state index contributed by atoms with van der Waals surface area (Å²) < 4.78 is 44.2. The van der Waals surface area contributed by atoms with E-state index < -0.39 is 23.0 Å². The third-order valence-electron chi connectivity index (χ3n) is 3.29. The number of methoxy groups -OCH3 is 1. The maximum absolute atomic E-state index is 13.2. The van der Waals surface area contributed by atoms with E-state index in [0.29, 0.717) is 0 Å². The summed E-state index contributed by atoms with van der Waals surface area (Å²) >= 11 is 9.89. The first-order chi connectivity index (χ1) is 11.1. The van der Waals surface area contributed by atoms with E-state index in [9.17, 15) is 23.1 Å². The maximum Gasteiger partial charge on any atom is 0.416 e. The van der Waals surface area contributed by atoms with Gasteiger partial charge in [0.25, 0.3) is 0 Å². The summed E-state index contributed by atoms with van der Waals surface area (Å²) in [7, 11) is 1.16. The molecule has 3 nitrogen and oxygen atoms in total. The lowest BCUT2D eigenvalue weighted by molar-refractivity contribution is -0.138. The molecule has 24 heavy (non-hydrogen) atoms. The van der Waals surface area contributed by atoms with Gasteiger partial charge in [-0.15, -0.1) is 0 Å². The number of halogens is 4. The molecule has 0 amide bonds. The van der Waals surface area contributed by atoms with Crippen molar-refractivity contribution in [3.05, 3.63) is 63.7 Å². The van der Waals surface area contributed by atoms with Crippen molar-refractivity contribution >= 4 is 30.2 Å². The van der Waals surface area contributed by atoms with Crippen LogP contribution >= 0.6 is 24.2 Å². The zero-order chi connectivity index (χ0) is 18.1. The first kappa shape index (κ1) is 18.5. The van der Waals surface area contributed by atoms with Crippen molar-refractivity contribution in [2.24, 2.45) is 0 Å². The zero-order valence-corrected chi connectivity index (χ0v) is 13.9. The fourth-order valence-electron chi connectivity index (χ4n) is 2.22. The smallest absolute Gasteiger partial charge is 0.416 e. The first-order valence-corrected chi connectivity index (χ1v) is 7.50. The second kappa shape index (κ2) is 6.94. The summed E-state index contributed by atoms with van der Waals surface area (Å²) in [5.74, 6) is -1.01. The van der Waals surface area contributed by atoms with Gasteiger partial charge in [-0.1, -0.05) is 17.7 Å². The molecule has 0 saturated heterocycles. The Hall–Kier alpha value is -1.86. The number of hydrogen-bond acceptors (Lipinski definition) is 4. The lowest BCUT2D eigenvalue weighted by Crippen LogP contribution is -2.11. The molecule has 1 unspecified atom stereocenters. The molecule has 128 valence electrons. The Morgan fingerprint density at radius 2 is 1.92 bits per heavy atom. The molecule has 0 aromatic heterocycles. The molecular weight excluding hydrogens is 365 g/mol. The molecule has 2 aromatic rings. The molecule has 0 aliphatic heterocycles. The number of rotatable bonds is 3. The van der Waals surface area contributed by atoms with Crippen molar-refractivity contribution in [3.8, 4) is 5.75 Å². The minimum Gasteiger partial charge on any atom is -0.508 e. The Bertz CT molecular complexity index is 778. The highest BCUT2D eigenvalue weighted by Crippen LogP contribution is 2.41. The summed E-state index contributed by atoms with van der Waals surface area (Å²) in [5.41, 5.74) is -0.852. The van der Waals surface area contributed by atoms with Crippen LogP contribution in [0.2, 0.25) is 5.02 Å². The van der Waals surface area contributed by atoms with E-state index in [2.05, 4.69) is 17.4 Å². The average molecular weight is 377 g/mol. The Balaban J connectivity index is 2.56. The first-order valence-electron chi connectivity index (χ1n) is 6.60. The minimum atomic E-state index is -4.62. The van der Waals surface area contributed by atoms with Crippen LogP contribution in [-0.4, -0.2) is 18.2 Å². The van der Waals surface area contributed by atoms with Crippen LogP contribution in [0.1, 0.15) is 32.3 Å². The molecule has 1 atom stereocenters. The molecule has 0 radical (unpaired) electrons. The van der Waals surface area contributed by atoms with Gasteiger partial charge in [0.05, 0.1) is 23.5 Å². The van der Waals surface area contributed by atoms with Gasteiger partial charge in [0.2, 0.25) is 0 Å². The van der Waals surface area contributed by atoms with E-state index in [-0.39, 0.29) is 27.5 Å². The number of phenols is 1. The number of thiol groups is 1. The molecule has 1 N–H and O–H groups in total. The van der Waals surface area contributed by atoms with Crippen LogP contribution in [-0.2, 0) is 10.9 Å². The summed E-state index contributed by atoms with van der Waals surface area (Å²) in [5, 5.41) is 8.63. The van der Waals surface area contributed by atoms with Crippen LogP contribution < -0.4 is 0 Å². The minimum absolute atomic E-state index is 0.00840. The Labute approximate surface area is 146 Å². The van der Waals surface area contributed by atoms with Crippen molar-refractivity contribution in [2.75, 3.05) is 7.11 Å². The Kier molecular flexibility index (Phi) is 5.35. The molecule has 2 aromatic carbocycles. The lowest BCUT2D eigenvalue weighted by Gasteiger charge is -2.19. The van der Waals surface area contributed by atoms with Crippen molar-refractivity contribution in [3.63, 3.8) is 0 Å². The number of alkyl halides is 3. The third-order valence-corrected chi connectivity index (χ3v) is 4.10. The van der Waals surface area contributed by atoms with E-state index in [0.717, 1.165) is 19.2 Å². The fourth-order valence-corrected chi connectivity index (χ4v) is 2.77. The largest absolute Gasteiger partial charge is 0.508 e. The van der Waals surface area contributed by atoms with Crippen LogP contribution in [0.5, 0.6) is 5.75 Å². The molecule has 0 bridgehead atoms. The number of esters is 1. The maximum atomic E-state index is 13.2. The highest BCUT2D eigenvalue weighted by molar-refractivity contribution is 7.80. The molecule has 0 aliphatic carbocycles. The molecule has 0 fully saturated rings. The highest BCUT2D eigenvalue weighted by atomic mass is 35.5. The van der Waals surface area contributed by atoms with Crippen LogP contribution in [0.15, 0.2) is 36.4 Å². The van der Waals surface area contributed by atoms with Crippen LogP contribution in [0.3, 0.4) is 0 Å². The number of carbonyl (C=O) groups excluding carboxylic acids is 1. The normalized spacial score (nSPS) is 12.8. The number of phenolic OH excluding ortho intramolecular Hbond substituents is 1. The van der Waals surface area contributed by atoms with Crippen molar-refractivity contribution in [1.82, 2.24) is 0 Å².